The lowest BCUT2D eigenvalue weighted by Crippen LogP contribution is -2.43. The van der Waals surface area contributed by atoms with Gasteiger partial charge >= 0.3 is 0 Å². The lowest BCUT2D eigenvalue weighted by molar-refractivity contribution is 0.567. The molecule has 0 spiro atoms. The molecule has 0 aliphatic carbocycles. The van der Waals surface area contributed by atoms with Crippen molar-refractivity contribution in [3.05, 3.63) is 312 Å². The summed E-state index contributed by atoms with van der Waals surface area (Å²) in [5.74, 6) is 0. The van der Waals surface area contributed by atoms with Crippen molar-refractivity contribution in [3.8, 4) is 0 Å². The monoisotopic (exact) mass is 1030 g/mol. The van der Waals surface area contributed by atoms with Crippen LogP contribution in [-0.2, 0) is 10.1 Å². The lowest BCUT2D eigenvalue weighted by Gasteiger charge is -2.42. The standard InChI is InChI=1S/C72H54N4Si2/c1-77-69(57-31-35-61-53(45-57)27-15-41-73-61)65(49-19-7-3-8-20-49)67(51-23-11-5-12-24-51)71(77,59-33-37-63-55(47-59)29-17-43-75-63)39-40-72(60-34-38-64-56(48-60)30-18-44-76-64)68(52-25-13-6-14-26-52)66(50-21-9-4-10-22-50)70(78(72)2)58-32-36-62-54(46-58)28-16-42-74-62/h3-38,41-48H,39-40H2,1-2H3. The molecule has 0 radical (unpaired) electrons. The van der Waals surface area contributed by atoms with Gasteiger partial charge in [-0.15, -0.1) is 0 Å². The van der Waals surface area contributed by atoms with Crippen molar-refractivity contribution >= 4 is 93.1 Å². The highest BCUT2D eigenvalue weighted by atomic mass is 28.2. The summed E-state index contributed by atoms with van der Waals surface area (Å²) in [5.41, 5.74) is 19.7. The van der Waals surface area contributed by atoms with Crippen LogP contribution in [-0.4, -0.2) is 47.1 Å². The number of aromatic nitrogens is 4. The number of fused-ring (bicyclic) bond motifs is 4. The van der Waals surface area contributed by atoms with Crippen LogP contribution in [0.15, 0.2) is 267 Å². The van der Waals surface area contributed by atoms with Gasteiger partial charge in [0.05, 0.1) is 22.1 Å². The molecule has 6 heteroatoms. The van der Waals surface area contributed by atoms with Crippen molar-refractivity contribution in [1.82, 2.24) is 19.9 Å². The van der Waals surface area contributed by atoms with Gasteiger partial charge in [-0.2, -0.15) is 0 Å². The molecule has 4 nitrogen and oxygen atoms in total. The number of pyridine rings is 4. The zero-order valence-electron chi connectivity index (χ0n) is 43.6. The maximum atomic E-state index is 4.92. The summed E-state index contributed by atoms with van der Waals surface area (Å²) < 4.78 is 0. The Labute approximate surface area is 458 Å². The van der Waals surface area contributed by atoms with Crippen molar-refractivity contribution < 1.29 is 0 Å². The number of allylic oxidation sites excluding steroid dienone is 4. The Morgan fingerprint density at radius 3 is 0.949 bits per heavy atom. The minimum Gasteiger partial charge on any atom is -0.256 e. The molecule has 0 bridgehead atoms. The van der Waals surface area contributed by atoms with E-state index >= 15 is 0 Å². The summed E-state index contributed by atoms with van der Waals surface area (Å²) in [6, 6.07) is 91.0. The summed E-state index contributed by atoms with van der Waals surface area (Å²) in [4.78, 5) is 19.5. The van der Waals surface area contributed by atoms with Crippen LogP contribution in [0.25, 0.3) is 65.9 Å². The quantitative estimate of drug-likeness (QED) is 0.121. The molecule has 14 rings (SSSR count). The number of hydrogen-bond acceptors (Lipinski definition) is 4. The van der Waals surface area contributed by atoms with Crippen LogP contribution in [0.4, 0.5) is 0 Å². The Morgan fingerprint density at radius 2 is 0.603 bits per heavy atom. The Morgan fingerprint density at radius 1 is 0.295 bits per heavy atom. The topological polar surface area (TPSA) is 51.6 Å². The van der Waals surface area contributed by atoms with E-state index in [2.05, 4.69) is 256 Å². The van der Waals surface area contributed by atoms with E-state index in [-0.39, 0.29) is 0 Å². The molecule has 8 aromatic carbocycles. The molecule has 12 aromatic rings. The van der Waals surface area contributed by atoms with Crippen molar-refractivity contribution in [2.45, 2.75) is 36.0 Å². The van der Waals surface area contributed by atoms with Crippen LogP contribution in [0.2, 0.25) is 13.1 Å². The molecule has 2 aliphatic heterocycles. The minimum atomic E-state index is -1.64. The van der Waals surface area contributed by atoms with Gasteiger partial charge in [0, 0.05) is 73.2 Å². The minimum absolute atomic E-state index is 0.472. The molecule has 2 aliphatic rings. The summed E-state index contributed by atoms with van der Waals surface area (Å²) in [5, 5.41) is 6.54. The third-order valence-corrected chi connectivity index (χ3v) is 23.7. The molecule has 2 unspecified atom stereocenters. The highest BCUT2D eigenvalue weighted by molar-refractivity contribution is 6.89. The third-order valence-electron chi connectivity index (χ3n) is 17.0. The molecule has 0 amide bonds. The van der Waals surface area contributed by atoms with E-state index in [1.165, 1.54) is 77.1 Å². The fourth-order valence-electron chi connectivity index (χ4n) is 13.5. The van der Waals surface area contributed by atoms with Crippen molar-refractivity contribution in [2.24, 2.45) is 0 Å². The van der Waals surface area contributed by atoms with Gasteiger partial charge in [-0.3, -0.25) is 19.9 Å². The summed E-state index contributed by atoms with van der Waals surface area (Å²) in [6.07, 6.45) is 9.37. The Balaban J connectivity index is 1.13. The van der Waals surface area contributed by atoms with Crippen LogP contribution in [0.3, 0.4) is 0 Å². The molecule has 78 heavy (non-hydrogen) atoms. The highest BCUT2D eigenvalue weighted by Crippen LogP contribution is 2.58. The van der Waals surface area contributed by atoms with Crippen LogP contribution < -0.4 is 0 Å². The predicted molar refractivity (Wildman–Crippen MR) is 330 cm³/mol. The largest absolute Gasteiger partial charge is 0.256 e. The fraction of sp³-hybridized carbons (Fsp3) is 0.0833. The maximum Gasteiger partial charge on any atom is 0.0702 e. The second kappa shape index (κ2) is 19.6. The second-order valence-electron chi connectivity index (χ2n) is 20.9. The molecule has 2 atom stereocenters. The molecule has 6 heterocycles. The van der Waals surface area contributed by atoms with Gasteiger partial charge < -0.3 is 0 Å². The van der Waals surface area contributed by atoms with E-state index in [0.29, 0.717) is 0 Å². The van der Waals surface area contributed by atoms with Crippen LogP contribution in [0, 0.1) is 0 Å². The maximum absolute atomic E-state index is 4.92. The van der Waals surface area contributed by atoms with E-state index in [1.807, 2.05) is 24.8 Å². The predicted octanol–water partition coefficient (Wildman–Crippen LogP) is 16.0. The van der Waals surface area contributed by atoms with Gasteiger partial charge in [-0.05, 0) is 163 Å². The molecular weight excluding hydrogens is 977 g/mol. The SMILES string of the molecule is C[Si]1=C(c2ccc3ncccc3c2)C(c2ccccc2)=C(c2ccccc2)C1(CCC1(c2ccc3ncccc3c2)C(c2ccccc2)=C(c2ccccc2)C(c2ccc3ncccc3c2)=[Si]1C)c1ccc2ncccc2c1. The van der Waals surface area contributed by atoms with Gasteiger partial charge in [0.1, 0.15) is 0 Å². The summed E-state index contributed by atoms with van der Waals surface area (Å²) in [6.45, 7) is 5.26. The van der Waals surface area contributed by atoms with E-state index in [1.54, 1.807) is 0 Å². The summed E-state index contributed by atoms with van der Waals surface area (Å²) in [7, 11) is -3.27. The third kappa shape index (κ3) is 7.77. The Bertz CT molecular complexity index is 4170. The molecular formula is C72H54N4Si2. The highest BCUT2D eigenvalue weighted by Gasteiger charge is 2.53. The van der Waals surface area contributed by atoms with Crippen LogP contribution in [0.5, 0.6) is 0 Å². The van der Waals surface area contributed by atoms with Crippen LogP contribution >= 0.6 is 0 Å². The van der Waals surface area contributed by atoms with Crippen molar-refractivity contribution in [2.75, 3.05) is 0 Å². The average molecular weight is 1030 g/mol. The Kier molecular flexibility index (Phi) is 11.9. The molecule has 0 saturated carbocycles. The first kappa shape index (κ1) is 47.5. The zero-order valence-corrected chi connectivity index (χ0v) is 45.6. The fourth-order valence-corrected chi connectivity index (χ4v) is 20.3. The van der Waals surface area contributed by atoms with E-state index in [0.717, 1.165) is 56.5 Å². The number of nitrogens with zero attached hydrogens (tertiary/aromatic N) is 4. The normalized spacial score (nSPS) is 17.6. The first-order valence-electron chi connectivity index (χ1n) is 27.1. The molecule has 0 saturated heterocycles. The smallest absolute Gasteiger partial charge is 0.0702 e. The molecule has 370 valence electrons. The second-order valence-corrected chi connectivity index (χ2v) is 26.1. The van der Waals surface area contributed by atoms with Crippen LogP contribution in [0.1, 0.15) is 57.3 Å². The van der Waals surface area contributed by atoms with Gasteiger partial charge in [-0.1, -0.05) is 183 Å². The van der Waals surface area contributed by atoms with E-state index < -0.39 is 26.9 Å². The molecule has 0 N–H and O–H groups in total. The van der Waals surface area contributed by atoms with Gasteiger partial charge in [0.25, 0.3) is 0 Å². The van der Waals surface area contributed by atoms with Gasteiger partial charge in [0.15, 0.2) is 0 Å². The first-order valence-corrected chi connectivity index (χ1v) is 31.1. The lowest BCUT2D eigenvalue weighted by atomic mass is 9.72. The number of benzene rings is 8. The average Bonchev–Trinajstić information content (AvgIpc) is 3.85. The molecule has 4 aromatic heterocycles. The zero-order chi connectivity index (χ0) is 52.2. The van der Waals surface area contributed by atoms with E-state index in [4.69, 9.17) is 19.9 Å². The van der Waals surface area contributed by atoms with E-state index in [9.17, 15) is 0 Å². The van der Waals surface area contributed by atoms with Gasteiger partial charge in [0.2, 0.25) is 0 Å². The number of rotatable bonds is 11. The number of hydrogen-bond donors (Lipinski definition) is 0. The van der Waals surface area contributed by atoms with Gasteiger partial charge in [-0.25, -0.2) is 0 Å². The first-order chi connectivity index (χ1) is 38.5. The summed E-state index contributed by atoms with van der Waals surface area (Å²) >= 11 is 0. The Hall–Kier alpha value is -8.95. The molecule has 0 fully saturated rings. The van der Waals surface area contributed by atoms with Crippen molar-refractivity contribution in [3.63, 3.8) is 0 Å². The van der Waals surface area contributed by atoms with Crippen molar-refractivity contribution in [1.29, 1.82) is 0 Å².